The second-order valence-corrected chi connectivity index (χ2v) is 5.66. The van der Waals surface area contributed by atoms with E-state index in [9.17, 15) is 14.7 Å². The largest absolute Gasteiger partial charge is 0.479 e. The lowest BCUT2D eigenvalue weighted by atomic mass is 9.86. The molecule has 0 saturated carbocycles. The summed E-state index contributed by atoms with van der Waals surface area (Å²) in [4.78, 5) is 24.5. The van der Waals surface area contributed by atoms with E-state index in [1.807, 2.05) is 0 Å². The van der Waals surface area contributed by atoms with E-state index in [1.54, 1.807) is 45.0 Å². The van der Waals surface area contributed by atoms with Crippen LogP contribution in [0.5, 0.6) is 0 Å². The van der Waals surface area contributed by atoms with Crippen LogP contribution in [-0.2, 0) is 10.3 Å². The van der Waals surface area contributed by atoms with Crippen molar-refractivity contribution in [2.45, 2.75) is 32.7 Å². The molecule has 2 aromatic rings. The molecule has 0 aliphatic heterocycles. The predicted molar refractivity (Wildman–Crippen MR) is 84.5 cm³/mol. The van der Waals surface area contributed by atoms with Gasteiger partial charge in [0, 0.05) is 5.02 Å². The molecule has 0 radical (unpaired) electrons. The summed E-state index contributed by atoms with van der Waals surface area (Å²) < 4.78 is 4.97. The number of carbonyl (C=O) groups is 2. The fraction of sp³-hybridized carbons (Fsp3) is 0.312. The predicted octanol–water partition coefficient (Wildman–Crippen LogP) is 3.06. The third-order valence-corrected chi connectivity index (χ3v) is 4.07. The Hall–Kier alpha value is -2.34. The Kier molecular flexibility index (Phi) is 4.75. The number of aryl methyl sites for hydroxylation is 2. The summed E-state index contributed by atoms with van der Waals surface area (Å²) in [5.74, 6) is -1.35. The van der Waals surface area contributed by atoms with Crippen LogP contribution in [0.4, 0.5) is 0 Å². The molecule has 0 aliphatic rings. The smallest absolute Gasteiger partial charge is 0.334 e. The first-order valence-corrected chi connectivity index (χ1v) is 7.44. The molecule has 23 heavy (non-hydrogen) atoms. The number of aliphatic carboxylic acids is 1. The average molecular weight is 337 g/mol. The first-order chi connectivity index (χ1) is 10.8. The highest BCUT2D eigenvalue weighted by atomic mass is 35.5. The van der Waals surface area contributed by atoms with Crippen molar-refractivity contribution in [3.8, 4) is 0 Å². The van der Waals surface area contributed by atoms with Crippen molar-refractivity contribution in [3.05, 3.63) is 51.9 Å². The number of nitrogens with zero attached hydrogens (tertiary/aromatic N) is 1. The van der Waals surface area contributed by atoms with Gasteiger partial charge in [0.05, 0.1) is 5.69 Å². The van der Waals surface area contributed by atoms with Crippen LogP contribution in [0.15, 0.2) is 28.8 Å². The highest BCUT2D eigenvalue weighted by molar-refractivity contribution is 6.30. The molecule has 1 amide bonds. The number of carbonyl (C=O) groups excluding carboxylic acids is 1. The zero-order chi connectivity index (χ0) is 17.2. The van der Waals surface area contributed by atoms with Gasteiger partial charge in [-0.2, -0.15) is 0 Å². The van der Waals surface area contributed by atoms with E-state index in [1.165, 1.54) is 0 Å². The van der Waals surface area contributed by atoms with Gasteiger partial charge in [0.2, 0.25) is 0 Å². The lowest BCUT2D eigenvalue weighted by Gasteiger charge is -2.30. The molecule has 7 heteroatoms. The lowest BCUT2D eigenvalue weighted by molar-refractivity contribution is -0.145. The molecule has 1 aromatic heterocycles. The first kappa shape index (κ1) is 17.0. The number of rotatable bonds is 5. The van der Waals surface area contributed by atoms with Crippen LogP contribution in [-0.4, -0.2) is 22.1 Å². The van der Waals surface area contributed by atoms with Crippen molar-refractivity contribution in [2.24, 2.45) is 0 Å². The zero-order valence-electron chi connectivity index (χ0n) is 13.0. The number of carboxylic acids is 1. The monoisotopic (exact) mass is 336 g/mol. The second kappa shape index (κ2) is 6.42. The number of carboxylic acid groups (broad SMARTS) is 1. The maximum absolute atomic E-state index is 12.6. The summed E-state index contributed by atoms with van der Waals surface area (Å²) in [5.41, 5.74) is -0.459. The Bertz CT molecular complexity index is 720. The van der Waals surface area contributed by atoms with Crippen molar-refractivity contribution in [2.75, 3.05) is 0 Å². The van der Waals surface area contributed by atoms with E-state index in [2.05, 4.69) is 10.5 Å². The van der Waals surface area contributed by atoms with Gasteiger partial charge >= 0.3 is 5.97 Å². The third kappa shape index (κ3) is 3.07. The van der Waals surface area contributed by atoms with Gasteiger partial charge < -0.3 is 14.9 Å². The zero-order valence-corrected chi connectivity index (χ0v) is 13.8. The van der Waals surface area contributed by atoms with E-state index < -0.39 is 17.4 Å². The van der Waals surface area contributed by atoms with Crippen molar-refractivity contribution < 1.29 is 19.2 Å². The van der Waals surface area contributed by atoms with Gasteiger partial charge in [-0.05, 0) is 38.0 Å². The quantitative estimate of drug-likeness (QED) is 0.875. The summed E-state index contributed by atoms with van der Waals surface area (Å²) >= 11 is 5.86. The van der Waals surface area contributed by atoms with Crippen LogP contribution in [0.2, 0.25) is 5.02 Å². The minimum absolute atomic E-state index is 0.166. The Balaban J connectivity index is 2.46. The van der Waals surface area contributed by atoms with Crippen molar-refractivity contribution in [1.29, 1.82) is 0 Å². The van der Waals surface area contributed by atoms with Crippen LogP contribution in [0.3, 0.4) is 0 Å². The molecular weight excluding hydrogens is 320 g/mol. The molecule has 2 rings (SSSR count). The normalized spacial score (nSPS) is 13.4. The van der Waals surface area contributed by atoms with Gasteiger partial charge in [-0.15, -0.1) is 0 Å². The molecule has 0 bridgehead atoms. The standard InChI is InChI=1S/C16H17ClN2O4/c1-4-16(15(21)22,11-5-7-12(17)8-6-11)18-14(20)13-9(2)19-23-10(13)3/h5-8H,4H2,1-3H3,(H,18,20)(H,21,22). The maximum atomic E-state index is 12.6. The fourth-order valence-electron chi connectivity index (χ4n) is 2.49. The van der Waals surface area contributed by atoms with Crippen LogP contribution in [0, 0.1) is 13.8 Å². The van der Waals surface area contributed by atoms with Gasteiger partial charge in [-0.1, -0.05) is 35.8 Å². The number of halogens is 1. The summed E-state index contributed by atoms with van der Waals surface area (Å²) in [6.45, 7) is 4.92. The summed E-state index contributed by atoms with van der Waals surface area (Å²) in [6, 6.07) is 6.36. The van der Waals surface area contributed by atoms with E-state index in [-0.39, 0.29) is 12.0 Å². The van der Waals surface area contributed by atoms with Gasteiger partial charge in [0.25, 0.3) is 5.91 Å². The van der Waals surface area contributed by atoms with E-state index >= 15 is 0 Å². The Morgan fingerprint density at radius 3 is 2.35 bits per heavy atom. The molecular formula is C16H17ClN2O4. The average Bonchev–Trinajstić information content (AvgIpc) is 2.84. The highest BCUT2D eigenvalue weighted by Crippen LogP contribution is 2.28. The lowest BCUT2D eigenvalue weighted by Crippen LogP contribution is -2.51. The number of aromatic nitrogens is 1. The van der Waals surface area contributed by atoms with Gasteiger partial charge in [0.1, 0.15) is 11.3 Å². The summed E-state index contributed by atoms with van der Waals surface area (Å²) in [7, 11) is 0. The highest BCUT2D eigenvalue weighted by Gasteiger charge is 2.41. The van der Waals surface area contributed by atoms with Crippen molar-refractivity contribution in [3.63, 3.8) is 0 Å². The summed E-state index contributed by atoms with van der Waals surface area (Å²) in [5, 5.41) is 16.6. The SMILES string of the molecule is CCC(NC(=O)c1c(C)noc1C)(C(=O)O)c1ccc(Cl)cc1. The Morgan fingerprint density at radius 1 is 1.30 bits per heavy atom. The van der Waals surface area contributed by atoms with Crippen molar-refractivity contribution >= 4 is 23.5 Å². The first-order valence-electron chi connectivity index (χ1n) is 7.06. The minimum Gasteiger partial charge on any atom is -0.479 e. The number of hydrogen-bond donors (Lipinski definition) is 2. The number of nitrogens with one attached hydrogen (secondary N) is 1. The number of hydrogen-bond acceptors (Lipinski definition) is 4. The van der Waals surface area contributed by atoms with Gasteiger partial charge in [-0.25, -0.2) is 4.79 Å². The molecule has 0 aliphatic carbocycles. The van der Waals surface area contributed by atoms with Crippen LogP contribution >= 0.6 is 11.6 Å². The minimum atomic E-state index is -1.56. The Morgan fingerprint density at radius 2 is 1.91 bits per heavy atom. The third-order valence-electron chi connectivity index (χ3n) is 3.82. The van der Waals surface area contributed by atoms with E-state index in [0.29, 0.717) is 22.0 Å². The van der Waals surface area contributed by atoms with E-state index in [4.69, 9.17) is 16.1 Å². The molecule has 6 nitrogen and oxygen atoms in total. The second-order valence-electron chi connectivity index (χ2n) is 5.22. The van der Waals surface area contributed by atoms with E-state index in [0.717, 1.165) is 0 Å². The van der Waals surface area contributed by atoms with Crippen LogP contribution in [0.1, 0.15) is 40.7 Å². The molecule has 0 fully saturated rings. The molecule has 1 aromatic carbocycles. The molecule has 1 unspecified atom stereocenters. The van der Waals surface area contributed by atoms with Gasteiger partial charge in [0.15, 0.2) is 5.54 Å². The van der Waals surface area contributed by atoms with Crippen LogP contribution in [0.25, 0.3) is 0 Å². The summed E-state index contributed by atoms with van der Waals surface area (Å²) in [6.07, 6.45) is 0.166. The molecule has 1 atom stereocenters. The maximum Gasteiger partial charge on any atom is 0.334 e. The molecule has 122 valence electrons. The van der Waals surface area contributed by atoms with Gasteiger partial charge in [-0.3, -0.25) is 4.79 Å². The molecule has 1 heterocycles. The molecule has 0 spiro atoms. The molecule has 0 saturated heterocycles. The van der Waals surface area contributed by atoms with Crippen LogP contribution < -0.4 is 5.32 Å². The molecule has 2 N–H and O–H groups in total. The number of benzene rings is 1. The topological polar surface area (TPSA) is 92.4 Å². The Labute approximate surface area is 138 Å². The fourth-order valence-corrected chi connectivity index (χ4v) is 2.62. The number of amides is 1. The van der Waals surface area contributed by atoms with Crippen molar-refractivity contribution in [1.82, 2.24) is 10.5 Å².